The van der Waals surface area contributed by atoms with E-state index in [2.05, 4.69) is 16.8 Å². The molecule has 4 nitrogen and oxygen atoms in total. The molecule has 4 rings (SSSR count). The van der Waals surface area contributed by atoms with Crippen LogP contribution in [0.5, 0.6) is 5.75 Å². The summed E-state index contributed by atoms with van der Waals surface area (Å²) in [6.07, 6.45) is 4.68. The average molecular weight is 368 g/mol. The SMILES string of the molecule is CCCC1CCCN1c1nc(-c2ccccc2O)nc2cc(Cl)ccc12. The summed E-state index contributed by atoms with van der Waals surface area (Å²) < 4.78 is 0. The summed E-state index contributed by atoms with van der Waals surface area (Å²) in [4.78, 5) is 12.0. The number of phenolic OH excluding ortho intramolecular Hbond substituents is 1. The van der Waals surface area contributed by atoms with Crippen molar-refractivity contribution in [2.75, 3.05) is 11.4 Å². The molecule has 0 spiro atoms. The topological polar surface area (TPSA) is 49.2 Å². The number of halogens is 1. The van der Waals surface area contributed by atoms with Crippen molar-refractivity contribution in [3.05, 3.63) is 47.5 Å². The van der Waals surface area contributed by atoms with Gasteiger partial charge in [-0.05, 0) is 49.6 Å². The van der Waals surface area contributed by atoms with Crippen molar-refractivity contribution < 1.29 is 5.11 Å². The van der Waals surface area contributed by atoms with Gasteiger partial charge in [0.15, 0.2) is 5.82 Å². The van der Waals surface area contributed by atoms with Crippen molar-refractivity contribution in [3.63, 3.8) is 0 Å². The van der Waals surface area contributed by atoms with Gasteiger partial charge in [-0.15, -0.1) is 0 Å². The van der Waals surface area contributed by atoms with Crippen LogP contribution in [0.25, 0.3) is 22.3 Å². The van der Waals surface area contributed by atoms with E-state index in [-0.39, 0.29) is 5.75 Å². The standard InChI is InChI=1S/C21H22ClN3O/c1-2-6-15-7-5-12-25(15)21-16-11-10-14(22)13-18(16)23-20(24-21)17-8-3-4-9-19(17)26/h3-4,8-11,13,15,26H,2,5-7,12H2,1H3. The van der Waals surface area contributed by atoms with Crippen LogP contribution in [0.15, 0.2) is 42.5 Å². The molecule has 0 radical (unpaired) electrons. The Balaban J connectivity index is 1.92. The van der Waals surface area contributed by atoms with Gasteiger partial charge in [0.05, 0.1) is 11.1 Å². The van der Waals surface area contributed by atoms with Crippen LogP contribution in [0.2, 0.25) is 5.02 Å². The molecule has 3 aromatic rings. The fourth-order valence-corrected chi connectivity index (χ4v) is 4.00. The Bertz CT molecular complexity index is 944. The number of benzene rings is 2. The molecule has 0 amide bonds. The van der Waals surface area contributed by atoms with Crippen molar-refractivity contribution >= 4 is 28.3 Å². The molecule has 0 aliphatic carbocycles. The largest absolute Gasteiger partial charge is 0.507 e. The Labute approximate surface area is 158 Å². The Morgan fingerprint density at radius 3 is 2.85 bits per heavy atom. The molecular weight excluding hydrogens is 346 g/mol. The van der Waals surface area contributed by atoms with E-state index in [1.807, 2.05) is 30.3 Å². The number of rotatable bonds is 4. The van der Waals surface area contributed by atoms with Gasteiger partial charge in [0, 0.05) is 23.0 Å². The quantitative estimate of drug-likeness (QED) is 0.668. The molecule has 0 bridgehead atoms. The third-order valence-corrected chi connectivity index (χ3v) is 5.29. The normalized spacial score (nSPS) is 17.2. The Kier molecular flexibility index (Phi) is 4.68. The summed E-state index contributed by atoms with van der Waals surface area (Å²) in [6.45, 7) is 3.22. The van der Waals surface area contributed by atoms with E-state index < -0.39 is 0 Å². The monoisotopic (exact) mass is 367 g/mol. The lowest BCUT2D eigenvalue weighted by Gasteiger charge is -2.27. The highest BCUT2D eigenvalue weighted by molar-refractivity contribution is 6.31. The highest BCUT2D eigenvalue weighted by atomic mass is 35.5. The second-order valence-electron chi connectivity index (χ2n) is 6.83. The van der Waals surface area contributed by atoms with Crippen LogP contribution in [-0.4, -0.2) is 27.7 Å². The van der Waals surface area contributed by atoms with Crippen molar-refractivity contribution in [1.29, 1.82) is 0 Å². The Morgan fingerprint density at radius 1 is 1.19 bits per heavy atom. The zero-order valence-electron chi connectivity index (χ0n) is 14.8. The van der Waals surface area contributed by atoms with Crippen LogP contribution >= 0.6 is 11.6 Å². The first-order valence-electron chi connectivity index (χ1n) is 9.19. The van der Waals surface area contributed by atoms with E-state index in [0.29, 0.717) is 22.5 Å². The van der Waals surface area contributed by atoms with Crippen LogP contribution < -0.4 is 4.90 Å². The van der Waals surface area contributed by atoms with E-state index in [9.17, 15) is 5.11 Å². The van der Waals surface area contributed by atoms with Gasteiger partial charge in [-0.3, -0.25) is 0 Å². The maximum atomic E-state index is 10.3. The van der Waals surface area contributed by atoms with E-state index in [1.54, 1.807) is 12.1 Å². The van der Waals surface area contributed by atoms with Gasteiger partial charge < -0.3 is 10.0 Å². The highest BCUT2D eigenvalue weighted by Crippen LogP contribution is 2.36. The lowest BCUT2D eigenvalue weighted by Crippen LogP contribution is -2.30. The summed E-state index contributed by atoms with van der Waals surface area (Å²) >= 11 is 6.22. The second kappa shape index (κ2) is 7.12. The first-order chi connectivity index (χ1) is 12.7. The van der Waals surface area contributed by atoms with Crippen LogP contribution in [0.4, 0.5) is 5.82 Å². The smallest absolute Gasteiger partial charge is 0.165 e. The summed E-state index contributed by atoms with van der Waals surface area (Å²) in [7, 11) is 0. The minimum atomic E-state index is 0.186. The number of aromatic hydroxyl groups is 1. The highest BCUT2D eigenvalue weighted by Gasteiger charge is 2.27. The van der Waals surface area contributed by atoms with E-state index in [1.165, 1.54) is 12.8 Å². The number of hydrogen-bond acceptors (Lipinski definition) is 4. The minimum Gasteiger partial charge on any atom is -0.507 e. The van der Waals surface area contributed by atoms with Crippen LogP contribution in [-0.2, 0) is 0 Å². The fourth-order valence-electron chi connectivity index (χ4n) is 3.84. The first-order valence-corrected chi connectivity index (χ1v) is 9.57. The van der Waals surface area contributed by atoms with Crippen molar-refractivity contribution in [2.24, 2.45) is 0 Å². The fraction of sp³-hybridized carbons (Fsp3) is 0.333. The number of hydrogen-bond donors (Lipinski definition) is 1. The third kappa shape index (κ3) is 3.10. The van der Waals surface area contributed by atoms with Gasteiger partial charge in [-0.2, -0.15) is 0 Å². The summed E-state index contributed by atoms with van der Waals surface area (Å²) in [5, 5.41) is 11.9. The van der Waals surface area contributed by atoms with Crippen LogP contribution in [0.3, 0.4) is 0 Å². The predicted octanol–water partition coefficient (Wildman–Crippen LogP) is 5.42. The molecule has 1 N–H and O–H groups in total. The van der Waals surface area contributed by atoms with Gasteiger partial charge in [0.2, 0.25) is 0 Å². The van der Waals surface area contributed by atoms with Gasteiger partial charge in [0.25, 0.3) is 0 Å². The average Bonchev–Trinajstić information content (AvgIpc) is 3.09. The molecule has 0 saturated carbocycles. The summed E-state index contributed by atoms with van der Waals surface area (Å²) in [5.41, 5.74) is 1.45. The number of nitrogens with zero attached hydrogens (tertiary/aromatic N) is 3. The van der Waals surface area contributed by atoms with Crippen molar-refractivity contribution in [3.8, 4) is 17.1 Å². The van der Waals surface area contributed by atoms with E-state index >= 15 is 0 Å². The lowest BCUT2D eigenvalue weighted by atomic mass is 10.1. The molecule has 1 fully saturated rings. The molecule has 1 aromatic heterocycles. The number of fused-ring (bicyclic) bond motifs is 1. The third-order valence-electron chi connectivity index (χ3n) is 5.05. The van der Waals surface area contributed by atoms with Crippen LogP contribution in [0.1, 0.15) is 32.6 Å². The molecule has 134 valence electrons. The van der Waals surface area contributed by atoms with Crippen LogP contribution in [0, 0.1) is 0 Å². The number of anilines is 1. The molecule has 26 heavy (non-hydrogen) atoms. The molecule has 5 heteroatoms. The second-order valence-corrected chi connectivity index (χ2v) is 7.26. The minimum absolute atomic E-state index is 0.186. The Hall–Kier alpha value is -2.33. The molecular formula is C21H22ClN3O. The molecule has 1 atom stereocenters. The van der Waals surface area contributed by atoms with E-state index in [4.69, 9.17) is 16.6 Å². The Morgan fingerprint density at radius 2 is 2.04 bits per heavy atom. The predicted molar refractivity (Wildman–Crippen MR) is 107 cm³/mol. The van der Waals surface area contributed by atoms with E-state index in [0.717, 1.165) is 36.1 Å². The van der Waals surface area contributed by atoms with Crippen molar-refractivity contribution in [2.45, 2.75) is 38.6 Å². The zero-order valence-corrected chi connectivity index (χ0v) is 15.6. The summed E-state index contributed by atoms with van der Waals surface area (Å²) in [5.74, 6) is 1.67. The molecule has 2 heterocycles. The summed E-state index contributed by atoms with van der Waals surface area (Å²) in [6, 6.07) is 13.5. The molecule has 2 aromatic carbocycles. The number of aromatic nitrogens is 2. The lowest BCUT2D eigenvalue weighted by molar-refractivity contribution is 0.477. The number of phenols is 1. The van der Waals surface area contributed by atoms with Gasteiger partial charge >= 0.3 is 0 Å². The van der Waals surface area contributed by atoms with Gasteiger partial charge in [-0.1, -0.05) is 37.1 Å². The molecule has 1 unspecified atom stereocenters. The molecule has 1 aliphatic heterocycles. The first kappa shape index (κ1) is 17.1. The van der Waals surface area contributed by atoms with Gasteiger partial charge in [-0.25, -0.2) is 9.97 Å². The maximum absolute atomic E-state index is 10.3. The zero-order chi connectivity index (χ0) is 18.1. The van der Waals surface area contributed by atoms with Crippen molar-refractivity contribution in [1.82, 2.24) is 9.97 Å². The van der Waals surface area contributed by atoms with Gasteiger partial charge in [0.1, 0.15) is 11.6 Å². The maximum Gasteiger partial charge on any atom is 0.165 e. The molecule has 1 saturated heterocycles. The molecule has 1 aliphatic rings. The number of para-hydroxylation sites is 1.